The second-order valence-electron chi connectivity index (χ2n) is 6.15. The molecule has 5 nitrogen and oxygen atoms in total. The zero-order valence-electron chi connectivity index (χ0n) is 13.6. The molecule has 1 fully saturated rings. The fraction of sp³-hybridized carbons (Fsp3) is 0.933. The Hall–Kier alpha value is -0.650. The Morgan fingerprint density at radius 3 is 2.45 bits per heavy atom. The van der Waals surface area contributed by atoms with Crippen LogP contribution in [0.3, 0.4) is 0 Å². The fourth-order valence-electron chi connectivity index (χ4n) is 2.93. The van der Waals surface area contributed by atoms with Gasteiger partial charge in [-0.25, -0.2) is 0 Å². The van der Waals surface area contributed by atoms with Gasteiger partial charge in [0.1, 0.15) is 0 Å². The summed E-state index contributed by atoms with van der Waals surface area (Å²) >= 11 is 0. The summed E-state index contributed by atoms with van der Waals surface area (Å²) in [6.07, 6.45) is 2.85. The molecule has 0 spiro atoms. The standard InChI is InChI=1S/C15H32N4O/c1-5-19-8-6-13(7-9-19)18(4)14(11-16)10-15(20)17-12(2)3/h12-14H,5-11,16H2,1-4H3,(H,17,20). The van der Waals surface area contributed by atoms with Crippen molar-refractivity contribution in [2.45, 2.75) is 58.2 Å². The number of amides is 1. The van der Waals surface area contributed by atoms with Gasteiger partial charge in [0.05, 0.1) is 0 Å². The predicted molar refractivity (Wildman–Crippen MR) is 83.6 cm³/mol. The van der Waals surface area contributed by atoms with E-state index >= 15 is 0 Å². The molecule has 118 valence electrons. The van der Waals surface area contributed by atoms with Gasteiger partial charge in [0.25, 0.3) is 0 Å². The number of hydrogen-bond acceptors (Lipinski definition) is 4. The van der Waals surface area contributed by atoms with Crippen molar-refractivity contribution in [3.05, 3.63) is 0 Å². The minimum absolute atomic E-state index is 0.105. The molecule has 0 radical (unpaired) electrons. The number of likely N-dealkylation sites (tertiary alicyclic amines) is 1. The third kappa shape index (κ3) is 5.38. The van der Waals surface area contributed by atoms with Crippen molar-refractivity contribution in [1.82, 2.24) is 15.1 Å². The second-order valence-corrected chi connectivity index (χ2v) is 6.15. The molecule has 0 bridgehead atoms. The Morgan fingerprint density at radius 1 is 1.40 bits per heavy atom. The topological polar surface area (TPSA) is 61.6 Å². The van der Waals surface area contributed by atoms with Gasteiger partial charge < -0.3 is 16.0 Å². The molecule has 1 heterocycles. The first-order valence-corrected chi connectivity index (χ1v) is 7.91. The maximum absolute atomic E-state index is 11.9. The number of hydrogen-bond donors (Lipinski definition) is 2. The van der Waals surface area contributed by atoms with Crippen LogP contribution in [0.5, 0.6) is 0 Å². The molecule has 1 atom stereocenters. The third-order valence-corrected chi connectivity index (χ3v) is 4.30. The van der Waals surface area contributed by atoms with E-state index in [9.17, 15) is 4.79 Å². The highest BCUT2D eigenvalue weighted by molar-refractivity contribution is 5.76. The number of piperidine rings is 1. The van der Waals surface area contributed by atoms with E-state index in [0.29, 0.717) is 19.0 Å². The number of carbonyl (C=O) groups excluding carboxylic acids is 1. The number of rotatable bonds is 7. The van der Waals surface area contributed by atoms with E-state index < -0.39 is 0 Å². The lowest BCUT2D eigenvalue weighted by molar-refractivity contribution is -0.122. The lowest BCUT2D eigenvalue weighted by Crippen LogP contribution is -2.51. The van der Waals surface area contributed by atoms with Crippen molar-refractivity contribution in [2.75, 3.05) is 33.2 Å². The minimum atomic E-state index is 0.105. The van der Waals surface area contributed by atoms with E-state index in [0.717, 1.165) is 19.6 Å². The Labute approximate surface area is 123 Å². The molecule has 1 aliphatic rings. The molecule has 0 aromatic rings. The summed E-state index contributed by atoms with van der Waals surface area (Å²) in [5, 5.41) is 2.95. The normalized spacial score (nSPS) is 19.6. The maximum atomic E-state index is 11.9. The van der Waals surface area contributed by atoms with Crippen LogP contribution in [0.1, 0.15) is 40.0 Å². The van der Waals surface area contributed by atoms with Gasteiger partial charge in [-0.05, 0) is 53.4 Å². The molecular formula is C15H32N4O. The van der Waals surface area contributed by atoms with Gasteiger partial charge in [-0.3, -0.25) is 9.69 Å². The predicted octanol–water partition coefficient (Wildman–Crippen LogP) is 0.645. The van der Waals surface area contributed by atoms with Crippen LogP contribution in [0.2, 0.25) is 0 Å². The fourth-order valence-corrected chi connectivity index (χ4v) is 2.93. The molecule has 1 saturated heterocycles. The number of carbonyl (C=O) groups is 1. The highest BCUT2D eigenvalue weighted by Gasteiger charge is 2.27. The molecule has 1 rings (SSSR count). The summed E-state index contributed by atoms with van der Waals surface area (Å²) in [7, 11) is 2.12. The van der Waals surface area contributed by atoms with Crippen LogP contribution < -0.4 is 11.1 Å². The van der Waals surface area contributed by atoms with E-state index in [4.69, 9.17) is 5.73 Å². The summed E-state index contributed by atoms with van der Waals surface area (Å²) in [5.41, 5.74) is 5.88. The smallest absolute Gasteiger partial charge is 0.221 e. The van der Waals surface area contributed by atoms with Crippen LogP contribution in [0.4, 0.5) is 0 Å². The minimum Gasteiger partial charge on any atom is -0.354 e. The highest BCUT2D eigenvalue weighted by atomic mass is 16.1. The van der Waals surface area contributed by atoms with Crippen LogP contribution in [0.15, 0.2) is 0 Å². The molecule has 1 aliphatic heterocycles. The molecule has 3 N–H and O–H groups in total. The summed E-state index contributed by atoms with van der Waals surface area (Å²) in [4.78, 5) is 16.7. The Morgan fingerprint density at radius 2 is 2.00 bits per heavy atom. The van der Waals surface area contributed by atoms with Crippen molar-refractivity contribution in [3.63, 3.8) is 0 Å². The van der Waals surface area contributed by atoms with Crippen molar-refractivity contribution in [2.24, 2.45) is 5.73 Å². The zero-order chi connectivity index (χ0) is 15.1. The van der Waals surface area contributed by atoms with Crippen LogP contribution >= 0.6 is 0 Å². The quantitative estimate of drug-likeness (QED) is 0.720. The van der Waals surface area contributed by atoms with E-state index in [1.165, 1.54) is 12.8 Å². The molecule has 1 unspecified atom stereocenters. The van der Waals surface area contributed by atoms with E-state index in [1.807, 2.05) is 13.8 Å². The van der Waals surface area contributed by atoms with Gasteiger partial charge in [0, 0.05) is 31.1 Å². The van der Waals surface area contributed by atoms with Crippen LogP contribution in [0, 0.1) is 0 Å². The van der Waals surface area contributed by atoms with E-state index in [2.05, 4.69) is 29.1 Å². The van der Waals surface area contributed by atoms with Gasteiger partial charge in [0.15, 0.2) is 0 Å². The molecule has 0 aromatic heterocycles. The van der Waals surface area contributed by atoms with Crippen molar-refractivity contribution in [1.29, 1.82) is 0 Å². The van der Waals surface area contributed by atoms with Crippen molar-refractivity contribution < 1.29 is 4.79 Å². The Balaban J connectivity index is 2.46. The molecular weight excluding hydrogens is 252 g/mol. The van der Waals surface area contributed by atoms with Gasteiger partial charge in [-0.15, -0.1) is 0 Å². The largest absolute Gasteiger partial charge is 0.354 e. The second kappa shape index (κ2) is 8.60. The maximum Gasteiger partial charge on any atom is 0.221 e. The first-order chi connectivity index (χ1) is 9.47. The molecule has 20 heavy (non-hydrogen) atoms. The average molecular weight is 284 g/mol. The first kappa shape index (κ1) is 17.4. The lowest BCUT2D eigenvalue weighted by Gasteiger charge is -2.39. The zero-order valence-corrected chi connectivity index (χ0v) is 13.6. The van der Waals surface area contributed by atoms with E-state index in [-0.39, 0.29) is 18.0 Å². The SMILES string of the molecule is CCN1CCC(N(C)C(CN)CC(=O)NC(C)C)CC1. The third-order valence-electron chi connectivity index (χ3n) is 4.30. The molecule has 5 heteroatoms. The van der Waals surface area contributed by atoms with Crippen LogP contribution in [0.25, 0.3) is 0 Å². The highest BCUT2D eigenvalue weighted by Crippen LogP contribution is 2.18. The molecule has 0 saturated carbocycles. The summed E-state index contributed by atoms with van der Waals surface area (Å²) < 4.78 is 0. The number of nitrogens with two attached hydrogens (primary N) is 1. The van der Waals surface area contributed by atoms with Gasteiger partial charge in [-0.2, -0.15) is 0 Å². The first-order valence-electron chi connectivity index (χ1n) is 7.91. The lowest BCUT2D eigenvalue weighted by atomic mass is 10.0. The Bertz CT molecular complexity index is 288. The van der Waals surface area contributed by atoms with Gasteiger partial charge in [-0.1, -0.05) is 6.92 Å². The number of nitrogens with one attached hydrogen (secondary N) is 1. The summed E-state index contributed by atoms with van der Waals surface area (Å²) in [6, 6.07) is 0.893. The van der Waals surface area contributed by atoms with Gasteiger partial charge >= 0.3 is 0 Å². The van der Waals surface area contributed by atoms with Crippen LogP contribution in [-0.2, 0) is 4.79 Å². The molecule has 0 aromatic carbocycles. The van der Waals surface area contributed by atoms with Gasteiger partial charge in [0.2, 0.25) is 5.91 Å². The summed E-state index contributed by atoms with van der Waals surface area (Å²) in [5.74, 6) is 0.105. The monoisotopic (exact) mass is 284 g/mol. The Kier molecular flexibility index (Phi) is 7.48. The van der Waals surface area contributed by atoms with Crippen LogP contribution in [-0.4, -0.2) is 67.1 Å². The number of likely N-dealkylation sites (N-methyl/N-ethyl adjacent to an activating group) is 1. The molecule has 0 aliphatic carbocycles. The molecule has 1 amide bonds. The summed E-state index contributed by atoms with van der Waals surface area (Å²) in [6.45, 7) is 10.2. The average Bonchev–Trinajstić information content (AvgIpc) is 2.43. The number of nitrogens with zero attached hydrogens (tertiary/aromatic N) is 2. The van der Waals surface area contributed by atoms with Crippen molar-refractivity contribution >= 4 is 5.91 Å². The van der Waals surface area contributed by atoms with E-state index in [1.54, 1.807) is 0 Å². The van der Waals surface area contributed by atoms with Crippen molar-refractivity contribution in [3.8, 4) is 0 Å².